The average Bonchev–Trinajstić information content (AvgIpc) is 2.62. The highest BCUT2D eigenvalue weighted by Crippen LogP contribution is 2.28. The molecule has 0 aromatic carbocycles. The number of hydrogen-bond donors (Lipinski definition) is 2. The lowest BCUT2D eigenvalue weighted by atomic mass is 10.1. The second kappa shape index (κ2) is 4.72. The summed E-state index contributed by atoms with van der Waals surface area (Å²) in [6.45, 7) is 8.03. The van der Waals surface area contributed by atoms with E-state index in [1.807, 2.05) is 13.8 Å². The van der Waals surface area contributed by atoms with Crippen LogP contribution in [-0.2, 0) is 7.05 Å². The second-order valence-electron chi connectivity index (χ2n) is 4.57. The van der Waals surface area contributed by atoms with Gasteiger partial charge in [-0.3, -0.25) is 4.68 Å². The fourth-order valence-electron chi connectivity index (χ4n) is 2.00. The molecule has 100 valence electrons. The Kier molecular flexibility index (Phi) is 3.25. The van der Waals surface area contributed by atoms with Crippen LogP contribution in [0.5, 0.6) is 0 Å². The Morgan fingerprint density at radius 1 is 1.58 bits per heavy atom. The van der Waals surface area contributed by atoms with E-state index >= 15 is 0 Å². The third-order valence-corrected chi connectivity index (χ3v) is 2.82. The van der Waals surface area contributed by atoms with Crippen molar-refractivity contribution >= 4 is 22.7 Å². The van der Waals surface area contributed by atoms with Crippen LogP contribution >= 0.6 is 0 Å². The van der Waals surface area contributed by atoms with Gasteiger partial charge >= 0.3 is 5.97 Å². The maximum Gasteiger partial charge on any atom is 0.339 e. The number of nitrogens with one attached hydrogen (secondary N) is 1. The predicted octanol–water partition coefficient (Wildman–Crippen LogP) is 1.96. The number of fused-ring (bicyclic) bond motifs is 1. The number of carboxylic acid groups (broad SMARTS) is 1. The number of aromatic nitrogens is 3. The van der Waals surface area contributed by atoms with Crippen molar-refractivity contribution < 1.29 is 9.90 Å². The Morgan fingerprint density at radius 2 is 2.26 bits per heavy atom. The number of hydrogen-bond acceptors (Lipinski definition) is 4. The van der Waals surface area contributed by atoms with Crippen molar-refractivity contribution in [1.82, 2.24) is 14.8 Å². The molecule has 0 unspecified atom stereocenters. The van der Waals surface area contributed by atoms with Crippen LogP contribution in [0.1, 0.15) is 23.0 Å². The van der Waals surface area contributed by atoms with Crippen LogP contribution in [0.2, 0.25) is 0 Å². The summed E-state index contributed by atoms with van der Waals surface area (Å²) in [6, 6.07) is 0. The highest BCUT2D eigenvalue weighted by atomic mass is 16.4. The first kappa shape index (κ1) is 13.1. The van der Waals surface area contributed by atoms with Crippen molar-refractivity contribution in [3.63, 3.8) is 0 Å². The van der Waals surface area contributed by atoms with Gasteiger partial charge in [0.05, 0.1) is 16.8 Å². The van der Waals surface area contributed by atoms with Crippen LogP contribution in [-0.4, -0.2) is 32.4 Å². The van der Waals surface area contributed by atoms with Gasteiger partial charge in [0.25, 0.3) is 0 Å². The zero-order valence-corrected chi connectivity index (χ0v) is 11.2. The van der Waals surface area contributed by atoms with E-state index in [1.54, 1.807) is 11.7 Å². The number of aryl methyl sites for hydroxylation is 2. The number of rotatable bonds is 4. The average molecular weight is 260 g/mol. The van der Waals surface area contributed by atoms with E-state index in [9.17, 15) is 9.90 Å². The van der Waals surface area contributed by atoms with Crippen LogP contribution in [0, 0.1) is 6.92 Å². The van der Waals surface area contributed by atoms with Crippen LogP contribution in [0.25, 0.3) is 11.0 Å². The molecule has 6 nitrogen and oxygen atoms in total. The van der Waals surface area contributed by atoms with Gasteiger partial charge in [0, 0.05) is 19.8 Å². The number of carboxylic acids is 1. The molecule has 0 radical (unpaired) electrons. The van der Waals surface area contributed by atoms with E-state index in [2.05, 4.69) is 22.0 Å². The normalized spacial score (nSPS) is 10.7. The molecule has 0 aliphatic rings. The minimum absolute atomic E-state index is 0.143. The Hall–Kier alpha value is -2.37. The monoisotopic (exact) mass is 260 g/mol. The number of aromatic carboxylic acids is 1. The fraction of sp³-hybridized carbons (Fsp3) is 0.308. The van der Waals surface area contributed by atoms with Gasteiger partial charge in [-0.2, -0.15) is 5.10 Å². The molecule has 0 amide bonds. The summed E-state index contributed by atoms with van der Waals surface area (Å²) in [5.41, 5.74) is 3.02. The van der Waals surface area contributed by atoms with Crippen molar-refractivity contribution in [3.8, 4) is 0 Å². The molecule has 0 saturated heterocycles. The number of pyridine rings is 1. The van der Waals surface area contributed by atoms with E-state index in [1.165, 1.54) is 6.20 Å². The lowest BCUT2D eigenvalue weighted by molar-refractivity contribution is 0.0697. The summed E-state index contributed by atoms with van der Waals surface area (Å²) < 4.78 is 1.64. The standard InChI is InChI=1S/C13H16N4O2/c1-7(2)5-14-11-9(13(18)19)6-15-12-10(11)8(3)16-17(12)4/h6H,1,5H2,2-4H3,(H,14,15)(H,18,19). The lowest BCUT2D eigenvalue weighted by Gasteiger charge is -2.11. The van der Waals surface area contributed by atoms with Crippen molar-refractivity contribution in [3.05, 3.63) is 29.6 Å². The summed E-state index contributed by atoms with van der Waals surface area (Å²) in [4.78, 5) is 15.5. The highest BCUT2D eigenvalue weighted by molar-refractivity contribution is 6.04. The van der Waals surface area contributed by atoms with Crippen molar-refractivity contribution in [2.75, 3.05) is 11.9 Å². The highest BCUT2D eigenvalue weighted by Gasteiger charge is 2.18. The zero-order valence-electron chi connectivity index (χ0n) is 11.2. The van der Waals surface area contributed by atoms with Crippen molar-refractivity contribution in [2.24, 2.45) is 7.05 Å². The number of anilines is 1. The smallest absolute Gasteiger partial charge is 0.339 e. The first-order valence-corrected chi connectivity index (χ1v) is 5.85. The number of carbonyl (C=O) groups is 1. The van der Waals surface area contributed by atoms with Gasteiger partial charge in [-0.1, -0.05) is 12.2 Å². The number of nitrogens with zero attached hydrogens (tertiary/aromatic N) is 3. The Labute approximate surface area is 110 Å². The molecule has 0 atom stereocenters. The molecule has 2 rings (SSSR count). The molecule has 0 spiro atoms. The Balaban J connectivity index is 2.68. The lowest BCUT2D eigenvalue weighted by Crippen LogP contribution is -2.09. The molecule has 0 aliphatic carbocycles. The van der Waals surface area contributed by atoms with Crippen LogP contribution in [0.4, 0.5) is 5.69 Å². The van der Waals surface area contributed by atoms with Gasteiger partial charge in [-0.25, -0.2) is 9.78 Å². The molecule has 6 heteroatoms. The van der Waals surface area contributed by atoms with E-state index in [0.717, 1.165) is 16.7 Å². The quantitative estimate of drug-likeness (QED) is 0.821. The third-order valence-electron chi connectivity index (χ3n) is 2.82. The summed E-state index contributed by atoms with van der Waals surface area (Å²) in [5.74, 6) is -1.01. The molecular weight excluding hydrogens is 244 g/mol. The molecule has 0 aliphatic heterocycles. The van der Waals surface area contributed by atoms with Gasteiger partial charge in [0.2, 0.25) is 0 Å². The van der Waals surface area contributed by atoms with E-state index in [4.69, 9.17) is 0 Å². The first-order valence-electron chi connectivity index (χ1n) is 5.85. The first-order chi connectivity index (χ1) is 8.91. The zero-order chi connectivity index (χ0) is 14.2. The van der Waals surface area contributed by atoms with E-state index in [-0.39, 0.29) is 5.56 Å². The summed E-state index contributed by atoms with van der Waals surface area (Å²) in [5, 5.41) is 17.4. The molecule has 2 N–H and O–H groups in total. The molecule has 0 fully saturated rings. The molecular formula is C13H16N4O2. The fourth-order valence-corrected chi connectivity index (χ4v) is 2.00. The molecule has 0 saturated carbocycles. The maximum atomic E-state index is 11.3. The molecule has 2 aromatic heterocycles. The largest absolute Gasteiger partial charge is 0.478 e. The maximum absolute atomic E-state index is 11.3. The minimum Gasteiger partial charge on any atom is -0.478 e. The van der Waals surface area contributed by atoms with E-state index < -0.39 is 5.97 Å². The van der Waals surface area contributed by atoms with Crippen LogP contribution in [0.3, 0.4) is 0 Å². The van der Waals surface area contributed by atoms with Crippen LogP contribution in [0.15, 0.2) is 18.3 Å². The van der Waals surface area contributed by atoms with E-state index in [0.29, 0.717) is 17.9 Å². The van der Waals surface area contributed by atoms with Gasteiger partial charge in [0.1, 0.15) is 5.56 Å². The predicted molar refractivity (Wildman–Crippen MR) is 73.5 cm³/mol. The SMILES string of the molecule is C=C(C)CNc1c(C(=O)O)cnc2c1c(C)nn2C. The second-order valence-corrected chi connectivity index (χ2v) is 4.57. The topological polar surface area (TPSA) is 80.0 Å². The van der Waals surface area contributed by atoms with Crippen molar-refractivity contribution in [2.45, 2.75) is 13.8 Å². The molecule has 2 aromatic rings. The third kappa shape index (κ3) is 2.29. The minimum atomic E-state index is -1.01. The summed E-state index contributed by atoms with van der Waals surface area (Å²) >= 11 is 0. The molecule has 2 heterocycles. The van der Waals surface area contributed by atoms with Crippen LogP contribution < -0.4 is 5.32 Å². The van der Waals surface area contributed by atoms with Crippen molar-refractivity contribution in [1.29, 1.82) is 0 Å². The molecule has 19 heavy (non-hydrogen) atoms. The van der Waals surface area contributed by atoms with Gasteiger partial charge in [-0.05, 0) is 13.8 Å². The Bertz CT molecular complexity index is 673. The van der Waals surface area contributed by atoms with Gasteiger partial charge in [0.15, 0.2) is 5.65 Å². The summed E-state index contributed by atoms with van der Waals surface area (Å²) in [6.07, 6.45) is 1.35. The Morgan fingerprint density at radius 3 is 2.84 bits per heavy atom. The van der Waals surface area contributed by atoms with Gasteiger partial charge < -0.3 is 10.4 Å². The molecule has 0 bridgehead atoms. The van der Waals surface area contributed by atoms with Gasteiger partial charge in [-0.15, -0.1) is 0 Å². The summed E-state index contributed by atoms with van der Waals surface area (Å²) in [7, 11) is 1.78.